The van der Waals surface area contributed by atoms with Gasteiger partial charge in [-0.3, -0.25) is 0 Å². The maximum Gasteiger partial charge on any atom is 0.162 e. The number of ether oxygens (including phenoxy) is 1. The molecule has 0 aliphatic heterocycles. The normalized spacial score (nSPS) is 16.9. The van der Waals surface area contributed by atoms with Crippen LogP contribution < -0.4 is 4.74 Å². The molecule has 1 aromatic rings. The van der Waals surface area contributed by atoms with Crippen molar-refractivity contribution in [1.82, 2.24) is 0 Å². The van der Waals surface area contributed by atoms with Crippen molar-refractivity contribution in [2.45, 2.75) is 18.3 Å². The molecular formula is C11H10ClNO2. The highest BCUT2D eigenvalue weighted by molar-refractivity contribution is 6.30. The Morgan fingerprint density at radius 2 is 2.20 bits per heavy atom. The number of methoxy groups -OCH3 is 1. The maximum atomic E-state index is 9.89. The zero-order chi connectivity index (χ0) is 11.1. The van der Waals surface area contributed by atoms with Crippen molar-refractivity contribution in [2.24, 2.45) is 0 Å². The van der Waals surface area contributed by atoms with Gasteiger partial charge in [0.2, 0.25) is 0 Å². The summed E-state index contributed by atoms with van der Waals surface area (Å²) in [5.41, 5.74) is 0.0248. The third-order valence-corrected chi connectivity index (χ3v) is 2.96. The van der Waals surface area contributed by atoms with E-state index < -0.39 is 5.41 Å². The number of phenols is 1. The summed E-state index contributed by atoms with van der Waals surface area (Å²) < 4.78 is 4.99. The first-order valence-electron chi connectivity index (χ1n) is 4.61. The van der Waals surface area contributed by atoms with Crippen molar-refractivity contribution in [1.29, 1.82) is 5.26 Å². The Morgan fingerprint density at radius 1 is 1.53 bits per heavy atom. The van der Waals surface area contributed by atoms with Crippen molar-refractivity contribution in [3.63, 3.8) is 0 Å². The first-order valence-corrected chi connectivity index (χ1v) is 4.99. The molecular weight excluding hydrogens is 214 g/mol. The van der Waals surface area contributed by atoms with Crippen LogP contribution in [-0.4, -0.2) is 12.2 Å². The molecule has 0 spiro atoms. The molecule has 1 aliphatic carbocycles. The minimum atomic E-state index is -0.553. The fourth-order valence-corrected chi connectivity index (χ4v) is 1.87. The van der Waals surface area contributed by atoms with Crippen LogP contribution >= 0.6 is 11.6 Å². The van der Waals surface area contributed by atoms with E-state index in [1.165, 1.54) is 13.2 Å². The van der Waals surface area contributed by atoms with Crippen molar-refractivity contribution in [3.05, 3.63) is 22.7 Å². The average Bonchev–Trinajstić information content (AvgIpc) is 3.01. The van der Waals surface area contributed by atoms with Gasteiger partial charge in [-0.15, -0.1) is 0 Å². The average molecular weight is 224 g/mol. The number of nitriles is 1. The van der Waals surface area contributed by atoms with Crippen LogP contribution in [0.1, 0.15) is 18.4 Å². The summed E-state index contributed by atoms with van der Waals surface area (Å²) in [5.74, 6) is 0.347. The van der Waals surface area contributed by atoms with Crippen LogP contribution in [0.15, 0.2) is 12.1 Å². The Labute approximate surface area is 92.9 Å². The predicted molar refractivity (Wildman–Crippen MR) is 56.2 cm³/mol. The summed E-state index contributed by atoms with van der Waals surface area (Å²) in [6.45, 7) is 0. The summed E-state index contributed by atoms with van der Waals surface area (Å²) in [5, 5.41) is 19.4. The maximum absolute atomic E-state index is 9.89. The van der Waals surface area contributed by atoms with E-state index in [4.69, 9.17) is 21.6 Å². The van der Waals surface area contributed by atoms with E-state index in [-0.39, 0.29) is 5.75 Å². The lowest BCUT2D eigenvalue weighted by Crippen LogP contribution is -2.03. The lowest BCUT2D eigenvalue weighted by atomic mass is 9.96. The number of hydrogen-bond acceptors (Lipinski definition) is 3. The van der Waals surface area contributed by atoms with Crippen LogP contribution in [-0.2, 0) is 5.41 Å². The summed E-state index contributed by atoms with van der Waals surface area (Å²) >= 11 is 5.89. The summed E-state index contributed by atoms with van der Waals surface area (Å²) in [6.07, 6.45) is 1.53. The van der Waals surface area contributed by atoms with Gasteiger partial charge in [0, 0.05) is 16.7 Å². The topological polar surface area (TPSA) is 53.2 Å². The molecule has 1 N–H and O–H groups in total. The van der Waals surface area contributed by atoms with Crippen LogP contribution in [0.25, 0.3) is 0 Å². The van der Waals surface area contributed by atoms with Crippen LogP contribution in [0.2, 0.25) is 5.02 Å². The van der Waals surface area contributed by atoms with E-state index >= 15 is 0 Å². The Kier molecular flexibility index (Phi) is 2.24. The van der Waals surface area contributed by atoms with Crippen molar-refractivity contribution in [3.8, 4) is 17.6 Å². The SMILES string of the molecule is COc1cc(Cl)cc(C2(C#N)CC2)c1O. The molecule has 2 rings (SSSR count). The van der Waals surface area contributed by atoms with E-state index in [9.17, 15) is 5.11 Å². The fraction of sp³-hybridized carbons (Fsp3) is 0.364. The molecule has 0 saturated heterocycles. The number of benzene rings is 1. The standard InChI is InChI=1S/C11H10ClNO2/c1-15-9-5-7(12)4-8(10(9)14)11(6-13)2-3-11/h4-5,14H,2-3H2,1H3. The second kappa shape index (κ2) is 3.32. The molecule has 0 heterocycles. The summed E-state index contributed by atoms with van der Waals surface area (Å²) in [6, 6.07) is 5.38. The number of phenolic OH excluding ortho intramolecular Hbond substituents is 1. The molecule has 1 fully saturated rings. The van der Waals surface area contributed by atoms with Gasteiger partial charge in [-0.25, -0.2) is 0 Å². The quantitative estimate of drug-likeness (QED) is 0.839. The van der Waals surface area contributed by atoms with E-state index in [1.807, 2.05) is 0 Å². The second-order valence-electron chi connectivity index (χ2n) is 3.70. The molecule has 3 nitrogen and oxygen atoms in total. The van der Waals surface area contributed by atoms with Crippen molar-refractivity contribution >= 4 is 11.6 Å². The molecule has 0 atom stereocenters. The largest absolute Gasteiger partial charge is 0.504 e. The molecule has 1 aliphatic rings. The Bertz CT molecular complexity index is 447. The van der Waals surface area contributed by atoms with Gasteiger partial charge in [0.15, 0.2) is 11.5 Å². The zero-order valence-electron chi connectivity index (χ0n) is 8.25. The molecule has 0 unspecified atom stereocenters. The van der Waals surface area contributed by atoms with Gasteiger partial charge in [-0.1, -0.05) is 11.6 Å². The minimum absolute atomic E-state index is 0.0287. The van der Waals surface area contributed by atoms with E-state index in [0.29, 0.717) is 16.3 Å². The third-order valence-electron chi connectivity index (χ3n) is 2.74. The molecule has 78 valence electrons. The molecule has 1 aromatic carbocycles. The lowest BCUT2D eigenvalue weighted by Gasteiger charge is -2.12. The van der Waals surface area contributed by atoms with Crippen molar-refractivity contribution < 1.29 is 9.84 Å². The lowest BCUT2D eigenvalue weighted by molar-refractivity contribution is 0.369. The van der Waals surface area contributed by atoms with Crippen LogP contribution in [0.5, 0.6) is 11.5 Å². The molecule has 0 bridgehead atoms. The predicted octanol–water partition coefficient (Wildman–Crippen LogP) is 2.61. The highest BCUT2D eigenvalue weighted by Crippen LogP contribution is 2.53. The van der Waals surface area contributed by atoms with Gasteiger partial charge in [0.05, 0.1) is 18.6 Å². The van der Waals surface area contributed by atoms with Crippen molar-refractivity contribution in [2.75, 3.05) is 7.11 Å². The molecule has 4 heteroatoms. The van der Waals surface area contributed by atoms with Crippen LogP contribution in [0, 0.1) is 11.3 Å². The van der Waals surface area contributed by atoms with Gasteiger partial charge < -0.3 is 9.84 Å². The van der Waals surface area contributed by atoms with Gasteiger partial charge in [-0.2, -0.15) is 5.26 Å². The van der Waals surface area contributed by atoms with Gasteiger partial charge >= 0.3 is 0 Å². The van der Waals surface area contributed by atoms with E-state index in [1.54, 1.807) is 6.07 Å². The second-order valence-corrected chi connectivity index (χ2v) is 4.13. The number of rotatable bonds is 2. The highest BCUT2D eigenvalue weighted by Gasteiger charge is 2.47. The molecule has 1 saturated carbocycles. The van der Waals surface area contributed by atoms with Crippen LogP contribution in [0.3, 0.4) is 0 Å². The number of nitrogens with zero attached hydrogens (tertiary/aromatic N) is 1. The molecule has 0 radical (unpaired) electrons. The zero-order valence-corrected chi connectivity index (χ0v) is 9.01. The minimum Gasteiger partial charge on any atom is -0.504 e. The molecule has 15 heavy (non-hydrogen) atoms. The summed E-state index contributed by atoms with van der Waals surface area (Å²) in [4.78, 5) is 0. The Hall–Kier alpha value is -1.40. The number of halogens is 1. The molecule has 0 aromatic heterocycles. The summed E-state index contributed by atoms with van der Waals surface area (Å²) in [7, 11) is 1.46. The fourth-order valence-electron chi connectivity index (χ4n) is 1.66. The first kappa shape index (κ1) is 10.1. The van der Waals surface area contributed by atoms with E-state index in [0.717, 1.165) is 12.8 Å². The third kappa shape index (κ3) is 1.51. The Balaban J connectivity index is 2.57. The van der Waals surface area contributed by atoms with E-state index in [2.05, 4.69) is 6.07 Å². The monoisotopic (exact) mass is 223 g/mol. The smallest absolute Gasteiger partial charge is 0.162 e. The number of aromatic hydroxyl groups is 1. The first-order chi connectivity index (χ1) is 7.13. The van der Waals surface area contributed by atoms with Crippen LogP contribution in [0.4, 0.5) is 0 Å². The van der Waals surface area contributed by atoms with Gasteiger partial charge in [0.25, 0.3) is 0 Å². The highest BCUT2D eigenvalue weighted by atomic mass is 35.5. The molecule has 0 amide bonds. The van der Waals surface area contributed by atoms with Gasteiger partial charge in [0.1, 0.15) is 0 Å². The van der Waals surface area contributed by atoms with Gasteiger partial charge in [-0.05, 0) is 18.9 Å². The Morgan fingerprint density at radius 3 is 2.67 bits per heavy atom. The number of hydrogen-bond donors (Lipinski definition) is 1.